The Morgan fingerprint density at radius 1 is 0.383 bits per heavy atom. The summed E-state index contributed by atoms with van der Waals surface area (Å²) >= 11 is 0. The summed E-state index contributed by atoms with van der Waals surface area (Å²) in [5.74, 6) is 0. The molecule has 0 amide bonds. The summed E-state index contributed by atoms with van der Waals surface area (Å²) in [6, 6.07) is 6.49. The second kappa shape index (κ2) is 42.1. The average molecular weight is 863 g/mol. The molecule has 0 aliphatic heterocycles. The van der Waals surface area contributed by atoms with E-state index in [-0.39, 0.29) is 6.15 Å². The molecule has 1 aromatic carbocycles. The van der Waals surface area contributed by atoms with E-state index in [1.54, 1.807) is 0 Å². The Morgan fingerprint density at radius 2 is 0.650 bits per heavy atom. The van der Waals surface area contributed by atoms with Crippen molar-refractivity contribution in [1.29, 1.82) is 0 Å². The Labute approximate surface area is 377 Å². The topological polar surface area (TPSA) is 93.7 Å². The number of hydrogen-bond donors (Lipinski definition) is 1. The third kappa shape index (κ3) is 29.5. The van der Waals surface area contributed by atoms with Gasteiger partial charge >= 0.3 is 0 Å². The molecule has 0 fully saturated rings. The van der Waals surface area contributed by atoms with E-state index in [1.807, 2.05) is 0 Å². The minimum Gasteiger partial charge on any atom is -0.747 e. The van der Waals surface area contributed by atoms with Crippen molar-refractivity contribution in [2.45, 2.75) is 315 Å². The molecule has 5 heteroatoms. The summed E-state index contributed by atoms with van der Waals surface area (Å²) < 4.78 is 40.5. The van der Waals surface area contributed by atoms with Crippen LogP contribution in [0.4, 0.5) is 0 Å². The number of unbranched alkanes of at least 4 members (excludes halogenated alkanes) is 36. The van der Waals surface area contributed by atoms with Gasteiger partial charge in [0.1, 0.15) is 10.1 Å². The van der Waals surface area contributed by atoms with E-state index in [0.717, 1.165) is 69.8 Å². The van der Waals surface area contributed by atoms with Crippen LogP contribution in [0, 0.1) is 0 Å². The first-order valence-corrected chi connectivity index (χ1v) is 28.3. The number of aryl methyl sites for hydroxylation is 1. The third-order valence-corrected chi connectivity index (χ3v) is 15.3. The smallest absolute Gasteiger partial charge is 0.105 e. The summed E-state index contributed by atoms with van der Waals surface area (Å²) in [7, 11) is -4.59. The van der Waals surface area contributed by atoms with Crippen molar-refractivity contribution < 1.29 is 13.0 Å². The standard InChI is InChI=1S/C55H104O3S.H3N/c1-5-9-13-17-21-25-29-33-37-41-46-52-47-45-49-54(53(52)48-42-38-34-30-26-22-18-14-10-6-2)55(59(56,57)58,50-43-39-35-31-27-23-19-15-11-7-3)51-44-40-36-32-28-24-20-16-12-8-4;/h45,47,49H,5-44,46,48,50-51H2,1-4H3,(H,56,57,58);1H3. The largest absolute Gasteiger partial charge is 0.747 e. The molecular formula is C55H107NO3S. The Hall–Kier alpha value is -0.910. The van der Waals surface area contributed by atoms with Gasteiger partial charge in [-0.3, -0.25) is 0 Å². The molecule has 0 aromatic heterocycles. The van der Waals surface area contributed by atoms with Gasteiger partial charge in [-0.2, -0.15) is 0 Å². The predicted octanol–water partition coefficient (Wildman–Crippen LogP) is 19.4. The van der Waals surface area contributed by atoms with Crippen molar-refractivity contribution in [3.63, 3.8) is 0 Å². The predicted molar refractivity (Wildman–Crippen MR) is 268 cm³/mol. The molecule has 0 saturated heterocycles. The van der Waals surface area contributed by atoms with Gasteiger partial charge in [-0.15, -0.1) is 0 Å². The van der Waals surface area contributed by atoms with E-state index in [4.69, 9.17) is 0 Å². The maximum absolute atomic E-state index is 13.9. The van der Waals surface area contributed by atoms with Crippen LogP contribution < -0.4 is 6.15 Å². The molecule has 4 N–H and O–H groups in total. The van der Waals surface area contributed by atoms with Crippen molar-refractivity contribution in [2.75, 3.05) is 0 Å². The van der Waals surface area contributed by atoms with Gasteiger partial charge in [0.15, 0.2) is 0 Å². The molecule has 1 rings (SSSR count). The van der Waals surface area contributed by atoms with E-state index in [9.17, 15) is 13.0 Å². The second-order valence-corrected chi connectivity index (χ2v) is 20.8. The van der Waals surface area contributed by atoms with E-state index >= 15 is 0 Å². The quantitative estimate of drug-likeness (QED) is 0.0522. The van der Waals surface area contributed by atoms with Crippen molar-refractivity contribution in [1.82, 2.24) is 6.15 Å². The molecule has 0 aliphatic rings. The fourth-order valence-corrected chi connectivity index (χ4v) is 11.0. The minimum atomic E-state index is -4.59. The maximum Gasteiger partial charge on any atom is 0.105 e. The Bertz CT molecular complexity index is 1130. The summed E-state index contributed by atoms with van der Waals surface area (Å²) in [5.41, 5.74) is 3.47. The Balaban J connectivity index is 0.0000348. The Morgan fingerprint density at radius 3 is 0.950 bits per heavy atom. The van der Waals surface area contributed by atoms with Gasteiger partial charge < -0.3 is 10.7 Å². The molecule has 1 aromatic rings. The van der Waals surface area contributed by atoms with Crippen LogP contribution in [0.15, 0.2) is 18.2 Å². The van der Waals surface area contributed by atoms with E-state index in [2.05, 4.69) is 45.9 Å². The zero-order chi connectivity index (χ0) is 43.0. The zero-order valence-electron chi connectivity index (χ0n) is 41.5. The molecule has 60 heavy (non-hydrogen) atoms. The van der Waals surface area contributed by atoms with Crippen molar-refractivity contribution >= 4 is 10.1 Å². The molecular weight excluding hydrogens is 755 g/mol. The normalized spacial score (nSPS) is 12.0. The summed E-state index contributed by atoms with van der Waals surface area (Å²) in [4.78, 5) is 0. The molecule has 0 unspecified atom stereocenters. The van der Waals surface area contributed by atoms with Crippen LogP contribution in [0.5, 0.6) is 0 Å². The number of quaternary nitrogens is 1. The lowest BCUT2D eigenvalue weighted by Crippen LogP contribution is -2.37. The molecule has 0 heterocycles. The Kier molecular flexibility index (Phi) is 41.4. The van der Waals surface area contributed by atoms with Gasteiger partial charge in [0.25, 0.3) is 0 Å². The lowest BCUT2D eigenvalue weighted by atomic mass is 9.81. The number of benzene rings is 1. The molecule has 0 bridgehead atoms. The highest BCUT2D eigenvalue weighted by Crippen LogP contribution is 2.43. The lowest BCUT2D eigenvalue weighted by Gasteiger charge is -2.39. The summed E-state index contributed by atoms with van der Waals surface area (Å²) in [6.07, 6.45) is 53.2. The van der Waals surface area contributed by atoms with Crippen LogP contribution in [0.3, 0.4) is 0 Å². The van der Waals surface area contributed by atoms with Crippen molar-refractivity contribution in [3.8, 4) is 0 Å². The molecule has 4 nitrogen and oxygen atoms in total. The third-order valence-electron chi connectivity index (χ3n) is 13.7. The maximum atomic E-state index is 13.9. The number of rotatable bonds is 46. The van der Waals surface area contributed by atoms with Gasteiger partial charge in [0.05, 0.1) is 4.75 Å². The molecule has 0 aliphatic carbocycles. The van der Waals surface area contributed by atoms with Crippen LogP contribution >= 0.6 is 0 Å². The lowest BCUT2D eigenvalue weighted by molar-refractivity contribution is 0.362. The van der Waals surface area contributed by atoms with Crippen LogP contribution in [-0.2, 0) is 27.7 Å². The van der Waals surface area contributed by atoms with E-state index in [1.165, 1.54) is 217 Å². The average Bonchev–Trinajstić information content (AvgIpc) is 3.22. The van der Waals surface area contributed by atoms with Gasteiger partial charge in [0, 0.05) is 0 Å². The highest BCUT2D eigenvalue weighted by Gasteiger charge is 2.40. The SMILES string of the molecule is CCCCCCCCCCCCc1cccc(C(CCCCCCCCCCCC)(CCCCCCCCCCCC)S(=O)(=O)[O-])c1CCCCCCCCCCCC.[NH4+]. The van der Waals surface area contributed by atoms with Crippen LogP contribution in [0.1, 0.15) is 314 Å². The van der Waals surface area contributed by atoms with Crippen LogP contribution in [0.25, 0.3) is 0 Å². The van der Waals surface area contributed by atoms with Crippen molar-refractivity contribution in [2.24, 2.45) is 0 Å². The summed E-state index contributed by atoms with van der Waals surface area (Å²) in [5, 5.41) is 0. The zero-order valence-corrected chi connectivity index (χ0v) is 42.3. The van der Waals surface area contributed by atoms with E-state index < -0.39 is 14.9 Å². The van der Waals surface area contributed by atoms with E-state index in [0.29, 0.717) is 12.8 Å². The second-order valence-electron chi connectivity index (χ2n) is 19.1. The first-order chi connectivity index (χ1) is 28.9. The molecule has 0 radical (unpaired) electrons. The van der Waals surface area contributed by atoms with Crippen LogP contribution in [-0.4, -0.2) is 13.0 Å². The fourth-order valence-electron chi connectivity index (χ4n) is 9.76. The molecule has 356 valence electrons. The van der Waals surface area contributed by atoms with Gasteiger partial charge in [0.2, 0.25) is 0 Å². The monoisotopic (exact) mass is 862 g/mol. The first-order valence-electron chi connectivity index (χ1n) is 26.9. The van der Waals surface area contributed by atoms with Crippen LogP contribution in [0.2, 0.25) is 0 Å². The molecule has 0 saturated carbocycles. The van der Waals surface area contributed by atoms with Crippen molar-refractivity contribution in [3.05, 3.63) is 34.9 Å². The number of hydrogen-bond acceptors (Lipinski definition) is 3. The summed E-state index contributed by atoms with van der Waals surface area (Å²) in [6.45, 7) is 9.12. The first kappa shape index (κ1) is 59.1. The fraction of sp³-hybridized carbons (Fsp3) is 0.891. The molecule has 0 atom stereocenters. The van der Waals surface area contributed by atoms with Gasteiger partial charge in [-0.1, -0.05) is 290 Å². The van der Waals surface area contributed by atoms with Gasteiger partial charge in [-0.05, 0) is 55.2 Å². The minimum absolute atomic E-state index is 0. The highest BCUT2D eigenvalue weighted by molar-refractivity contribution is 7.86. The molecule has 0 spiro atoms. The van der Waals surface area contributed by atoms with Gasteiger partial charge in [-0.25, -0.2) is 8.42 Å². The highest BCUT2D eigenvalue weighted by atomic mass is 32.2.